The van der Waals surface area contributed by atoms with Crippen LogP contribution in [-0.4, -0.2) is 140 Å². The molecule has 2 saturated heterocycles. The van der Waals surface area contributed by atoms with Crippen LogP contribution in [0.3, 0.4) is 0 Å². The molecule has 12 atom stereocenters. The molecule has 0 aromatic carbocycles. The minimum Gasteiger partial charge on any atom is -0.394 e. The monoisotopic (exact) mass is 1100 g/mol. The molecule has 0 aromatic heterocycles. The van der Waals surface area contributed by atoms with Gasteiger partial charge in [0.2, 0.25) is 5.91 Å². The fourth-order valence-corrected chi connectivity index (χ4v) is 10.4. The highest BCUT2D eigenvalue weighted by Crippen LogP contribution is 2.30. The van der Waals surface area contributed by atoms with E-state index in [1.165, 1.54) is 193 Å². The number of hydrogen-bond acceptors (Lipinski definition) is 13. The van der Waals surface area contributed by atoms with Crippen molar-refractivity contribution in [1.29, 1.82) is 0 Å². The van der Waals surface area contributed by atoms with Crippen LogP contribution in [0.25, 0.3) is 0 Å². The van der Waals surface area contributed by atoms with Gasteiger partial charge >= 0.3 is 0 Å². The standard InChI is InChI=1S/C63H117NO13/c1-3-5-7-9-11-13-15-17-19-20-21-22-23-24-25-26-27-28-29-30-31-32-33-35-37-39-41-43-45-47-55(68)64-51(52(67)46-44-42-40-38-36-34-18-16-14-12-10-8-6-4-2)50-74-62-60(73)58(71)61(54(49-66)76-62)77-63-59(72)57(70)56(69)53(48-65)75-63/h15,17,20-21,44,46,51-54,56-63,65-67,69-73H,3-14,16,18-19,22-43,45,47-50H2,1-2H3,(H,64,68)/b17-15-,21-20-,46-44+. The quantitative estimate of drug-likeness (QED) is 0.0204. The van der Waals surface area contributed by atoms with E-state index < -0.39 is 86.8 Å². The first-order valence-corrected chi connectivity index (χ1v) is 31.7. The fraction of sp³-hybridized carbons (Fsp3) is 0.889. The zero-order valence-electron chi connectivity index (χ0n) is 48.7. The van der Waals surface area contributed by atoms with Crippen LogP contribution in [0.15, 0.2) is 36.5 Å². The van der Waals surface area contributed by atoms with Crippen LogP contribution in [0.1, 0.15) is 264 Å². The van der Waals surface area contributed by atoms with Crippen molar-refractivity contribution >= 4 is 5.91 Å². The van der Waals surface area contributed by atoms with Crippen molar-refractivity contribution in [1.82, 2.24) is 5.32 Å². The van der Waals surface area contributed by atoms with Crippen LogP contribution in [0.2, 0.25) is 0 Å². The van der Waals surface area contributed by atoms with Crippen molar-refractivity contribution in [3.05, 3.63) is 36.5 Å². The van der Waals surface area contributed by atoms with E-state index in [0.29, 0.717) is 6.42 Å². The first-order valence-electron chi connectivity index (χ1n) is 31.7. The van der Waals surface area contributed by atoms with Gasteiger partial charge in [0.15, 0.2) is 12.6 Å². The van der Waals surface area contributed by atoms with Crippen LogP contribution in [0, 0.1) is 0 Å². The predicted molar refractivity (Wildman–Crippen MR) is 309 cm³/mol. The molecule has 12 unspecified atom stereocenters. The summed E-state index contributed by atoms with van der Waals surface area (Å²) >= 11 is 0. The molecule has 77 heavy (non-hydrogen) atoms. The molecular weight excluding hydrogens is 979 g/mol. The lowest BCUT2D eigenvalue weighted by molar-refractivity contribution is -0.359. The van der Waals surface area contributed by atoms with Gasteiger partial charge in [0.05, 0.1) is 32.0 Å². The number of unbranched alkanes of at least 4 members (excludes halogenated alkanes) is 34. The average Bonchev–Trinajstić information content (AvgIpc) is 3.43. The number of carbonyl (C=O) groups is 1. The van der Waals surface area contributed by atoms with E-state index in [1.807, 2.05) is 6.08 Å². The first kappa shape index (κ1) is 71.3. The van der Waals surface area contributed by atoms with Crippen molar-refractivity contribution in [2.45, 2.75) is 338 Å². The Labute approximate surface area is 468 Å². The van der Waals surface area contributed by atoms with Gasteiger partial charge in [-0.3, -0.25) is 4.79 Å². The Hall–Kier alpha value is -1.79. The number of hydrogen-bond donors (Lipinski definition) is 9. The Morgan fingerprint density at radius 1 is 0.468 bits per heavy atom. The molecule has 2 aliphatic heterocycles. The molecule has 9 N–H and O–H groups in total. The minimum atomic E-state index is -1.79. The topological polar surface area (TPSA) is 228 Å². The third kappa shape index (κ3) is 34.3. The third-order valence-electron chi connectivity index (χ3n) is 15.6. The maximum Gasteiger partial charge on any atom is 0.220 e. The second kappa shape index (κ2) is 48.9. The zero-order valence-corrected chi connectivity index (χ0v) is 48.7. The van der Waals surface area contributed by atoms with Crippen LogP contribution in [-0.2, 0) is 23.7 Å². The molecule has 0 aromatic rings. The number of aliphatic hydroxyl groups is 8. The van der Waals surface area contributed by atoms with E-state index in [1.54, 1.807) is 6.08 Å². The molecule has 2 rings (SSSR count). The highest BCUT2D eigenvalue weighted by Gasteiger charge is 2.51. The number of ether oxygens (including phenoxy) is 4. The predicted octanol–water partition coefficient (Wildman–Crippen LogP) is 11.4. The summed E-state index contributed by atoms with van der Waals surface area (Å²) in [6, 6.07) is -0.913. The highest BCUT2D eigenvalue weighted by atomic mass is 16.7. The summed E-state index contributed by atoms with van der Waals surface area (Å²) in [6.45, 7) is 2.80. The van der Waals surface area contributed by atoms with E-state index in [-0.39, 0.29) is 18.9 Å². The van der Waals surface area contributed by atoms with Gasteiger partial charge in [-0.15, -0.1) is 0 Å². The molecule has 2 fully saturated rings. The van der Waals surface area contributed by atoms with Crippen molar-refractivity contribution in [3.63, 3.8) is 0 Å². The van der Waals surface area contributed by atoms with Gasteiger partial charge < -0.3 is 65.1 Å². The maximum absolute atomic E-state index is 13.3. The van der Waals surface area contributed by atoms with Gasteiger partial charge in [-0.05, 0) is 51.4 Å². The Kier molecular flexibility index (Phi) is 45.3. The smallest absolute Gasteiger partial charge is 0.220 e. The highest BCUT2D eigenvalue weighted by molar-refractivity contribution is 5.76. The molecule has 14 heteroatoms. The molecule has 0 saturated carbocycles. The third-order valence-corrected chi connectivity index (χ3v) is 15.6. The number of rotatable bonds is 51. The van der Waals surface area contributed by atoms with Gasteiger partial charge in [0.25, 0.3) is 0 Å². The summed E-state index contributed by atoms with van der Waals surface area (Å²) in [5.74, 6) is -0.237. The van der Waals surface area contributed by atoms with Crippen LogP contribution >= 0.6 is 0 Å². The van der Waals surface area contributed by atoms with Crippen LogP contribution < -0.4 is 5.32 Å². The molecule has 0 bridgehead atoms. The Morgan fingerprint density at radius 2 is 0.857 bits per heavy atom. The van der Waals surface area contributed by atoms with Crippen molar-refractivity contribution in [2.24, 2.45) is 0 Å². The minimum absolute atomic E-state index is 0.237. The van der Waals surface area contributed by atoms with E-state index in [2.05, 4.69) is 43.5 Å². The summed E-state index contributed by atoms with van der Waals surface area (Å²) in [5.41, 5.74) is 0. The van der Waals surface area contributed by atoms with Gasteiger partial charge in [0.1, 0.15) is 48.8 Å². The van der Waals surface area contributed by atoms with Crippen LogP contribution in [0.4, 0.5) is 0 Å². The zero-order chi connectivity index (χ0) is 56.0. The molecule has 2 heterocycles. The van der Waals surface area contributed by atoms with E-state index in [0.717, 1.165) is 44.9 Å². The first-order chi connectivity index (χ1) is 37.6. The van der Waals surface area contributed by atoms with Gasteiger partial charge in [-0.25, -0.2) is 0 Å². The molecule has 1 amide bonds. The summed E-state index contributed by atoms with van der Waals surface area (Å²) in [5, 5.41) is 87.1. The SMILES string of the molecule is CCCCCCC/C=C\C/C=C\CCCCCCCCCCCCCCCCCCCC(=O)NC(COC1OC(CO)C(OC2OC(CO)C(O)C(O)C2O)C(O)C1O)C(O)/C=C/CCCCCCCCCCCCCC. The molecule has 0 spiro atoms. The van der Waals surface area contributed by atoms with E-state index >= 15 is 0 Å². The lowest BCUT2D eigenvalue weighted by atomic mass is 9.97. The molecule has 2 aliphatic rings. The second-order valence-electron chi connectivity index (χ2n) is 22.5. The number of carbonyl (C=O) groups excluding carboxylic acids is 1. The van der Waals surface area contributed by atoms with Crippen molar-refractivity contribution < 1.29 is 64.6 Å². The van der Waals surface area contributed by atoms with Gasteiger partial charge in [-0.1, -0.05) is 243 Å². The number of nitrogens with one attached hydrogen (secondary N) is 1. The maximum atomic E-state index is 13.3. The Bertz CT molecular complexity index is 1430. The molecule has 0 radical (unpaired) electrons. The second-order valence-corrected chi connectivity index (χ2v) is 22.5. The largest absolute Gasteiger partial charge is 0.394 e. The summed E-state index contributed by atoms with van der Waals surface area (Å²) < 4.78 is 22.8. The van der Waals surface area contributed by atoms with Crippen molar-refractivity contribution in [2.75, 3.05) is 19.8 Å². The average molecular weight is 1100 g/mol. The van der Waals surface area contributed by atoms with E-state index in [9.17, 15) is 45.6 Å². The normalized spacial score (nSPS) is 24.9. The van der Waals surface area contributed by atoms with E-state index in [4.69, 9.17) is 18.9 Å². The number of amides is 1. The van der Waals surface area contributed by atoms with Crippen LogP contribution in [0.5, 0.6) is 0 Å². The lowest BCUT2D eigenvalue weighted by Gasteiger charge is -2.46. The number of aliphatic hydroxyl groups excluding tert-OH is 8. The molecule has 0 aliphatic carbocycles. The van der Waals surface area contributed by atoms with Gasteiger partial charge in [0, 0.05) is 6.42 Å². The molecule has 14 nitrogen and oxygen atoms in total. The molecule has 452 valence electrons. The molecular formula is C63H117NO13. The van der Waals surface area contributed by atoms with Crippen molar-refractivity contribution in [3.8, 4) is 0 Å². The Balaban J connectivity index is 1.67. The number of allylic oxidation sites excluding steroid dienone is 5. The fourth-order valence-electron chi connectivity index (χ4n) is 10.4. The van der Waals surface area contributed by atoms with Gasteiger partial charge in [-0.2, -0.15) is 0 Å². The summed E-state index contributed by atoms with van der Waals surface area (Å²) in [6.07, 6.45) is 43.4. The lowest BCUT2D eigenvalue weighted by Crippen LogP contribution is -2.65. The summed E-state index contributed by atoms with van der Waals surface area (Å²) in [4.78, 5) is 13.3. The Morgan fingerprint density at radius 3 is 1.30 bits per heavy atom. The summed E-state index contributed by atoms with van der Waals surface area (Å²) in [7, 11) is 0.